The highest BCUT2D eigenvalue weighted by Crippen LogP contribution is 2.10. The third-order valence-corrected chi connectivity index (χ3v) is 2.12. The molecule has 0 atom stereocenters. The van der Waals surface area contributed by atoms with Gasteiger partial charge in [0.2, 0.25) is 0 Å². The number of aryl methyl sites for hydroxylation is 1. The van der Waals surface area contributed by atoms with Crippen molar-refractivity contribution in [3.8, 4) is 5.75 Å². The van der Waals surface area contributed by atoms with Crippen LogP contribution in [0, 0.1) is 12.8 Å². The molecule has 15 heavy (non-hydrogen) atoms. The molecule has 2 nitrogen and oxygen atoms in total. The molecule has 0 fully saturated rings. The van der Waals surface area contributed by atoms with Crippen LogP contribution in [0.5, 0.6) is 5.75 Å². The summed E-state index contributed by atoms with van der Waals surface area (Å²) in [6, 6.07) is 8.16. The highest BCUT2D eigenvalue weighted by atomic mass is 16.5. The average molecular weight is 207 g/mol. The van der Waals surface area contributed by atoms with E-state index in [-0.39, 0.29) is 0 Å². The van der Waals surface area contributed by atoms with Gasteiger partial charge >= 0.3 is 0 Å². The second-order valence-corrected chi connectivity index (χ2v) is 4.26. The van der Waals surface area contributed by atoms with Gasteiger partial charge in [-0.05, 0) is 31.5 Å². The molecule has 0 saturated carbocycles. The summed E-state index contributed by atoms with van der Waals surface area (Å²) in [7, 11) is 0. The van der Waals surface area contributed by atoms with Gasteiger partial charge in [-0.3, -0.25) is 0 Å². The van der Waals surface area contributed by atoms with Crippen LogP contribution in [0.3, 0.4) is 0 Å². The molecule has 0 saturated heterocycles. The molecule has 0 bridgehead atoms. The molecule has 0 aliphatic heterocycles. The highest BCUT2D eigenvalue weighted by molar-refractivity contribution is 5.26. The molecule has 0 radical (unpaired) electrons. The Morgan fingerprint density at radius 3 is 2.47 bits per heavy atom. The quantitative estimate of drug-likeness (QED) is 0.724. The second kappa shape index (κ2) is 6.46. The minimum absolute atomic E-state index is 0.698. The van der Waals surface area contributed by atoms with Gasteiger partial charge in [0.1, 0.15) is 12.4 Å². The minimum atomic E-state index is 0.698. The first-order chi connectivity index (χ1) is 7.18. The predicted octanol–water partition coefficient (Wildman–Crippen LogP) is 2.62. The third kappa shape index (κ3) is 5.43. The van der Waals surface area contributed by atoms with E-state index < -0.39 is 0 Å². The van der Waals surface area contributed by atoms with Gasteiger partial charge in [0.25, 0.3) is 0 Å². The zero-order chi connectivity index (χ0) is 11.1. The Bertz CT molecular complexity index is 266. The number of ether oxygens (including phenoxy) is 1. The first-order valence-corrected chi connectivity index (χ1v) is 5.58. The molecule has 0 unspecified atom stereocenters. The average Bonchev–Trinajstić information content (AvgIpc) is 2.20. The molecule has 0 aliphatic rings. The van der Waals surface area contributed by atoms with E-state index >= 15 is 0 Å². The van der Waals surface area contributed by atoms with E-state index in [4.69, 9.17) is 4.74 Å². The number of rotatable bonds is 6. The van der Waals surface area contributed by atoms with Gasteiger partial charge in [0.15, 0.2) is 0 Å². The van der Waals surface area contributed by atoms with Crippen molar-refractivity contribution < 1.29 is 4.74 Å². The molecule has 0 spiro atoms. The van der Waals surface area contributed by atoms with Crippen LogP contribution in [0.25, 0.3) is 0 Å². The monoisotopic (exact) mass is 207 g/mol. The van der Waals surface area contributed by atoms with Crippen LogP contribution < -0.4 is 10.1 Å². The largest absolute Gasteiger partial charge is 0.492 e. The number of hydrogen-bond donors (Lipinski definition) is 1. The Morgan fingerprint density at radius 2 is 1.87 bits per heavy atom. The van der Waals surface area contributed by atoms with Crippen LogP contribution in [0.2, 0.25) is 0 Å². The van der Waals surface area contributed by atoms with Crippen molar-refractivity contribution >= 4 is 0 Å². The maximum absolute atomic E-state index is 5.58. The fraction of sp³-hybridized carbons (Fsp3) is 0.538. The first-order valence-electron chi connectivity index (χ1n) is 5.58. The molecule has 1 aromatic carbocycles. The Kier molecular flexibility index (Phi) is 5.19. The van der Waals surface area contributed by atoms with E-state index in [1.807, 2.05) is 12.1 Å². The van der Waals surface area contributed by atoms with E-state index in [2.05, 4.69) is 38.2 Å². The third-order valence-electron chi connectivity index (χ3n) is 2.12. The maximum atomic E-state index is 5.58. The van der Waals surface area contributed by atoms with E-state index in [9.17, 15) is 0 Å². The standard InChI is InChI=1S/C13H21NO/c1-11(2)10-14-8-9-15-13-6-4-12(3)5-7-13/h4-7,11,14H,8-10H2,1-3H3. The predicted molar refractivity (Wildman–Crippen MR) is 64.4 cm³/mol. The molecule has 1 aromatic rings. The van der Waals surface area contributed by atoms with Crippen LogP contribution >= 0.6 is 0 Å². The Morgan fingerprint density at radius 1 is 1.20 bits per heavy atom. The van der Waals surface area contributed by atoms with Crippen molar-refractivity contribution in [2.75, 3.05) is 19.7 Å². The summed E-state index contributed by atoms with van der Waals surface area (Å²) in [6.07, 6.45) is 0. The van der Waals surface area contributed by atoms with Gasteiger partial charge in [-0.1, -0.05) is 31.5 Å². The van der Waals surface area contributed by atoms with Crippen LogP contribution in [-0.4, -0.2) is 19.7 Å². The molecule has 0 amide bonds. The summed E-state index contributed by atoms with van der Waals surface area (Å²) < 4.78 is 5.58. The van der Waals surface area contributed by atoms with Crippen molar-refractivity contribution in [3.05, 3.63) is 29.8 Å². The van der Waals surface area contributed by atoms with Crippen LogP contribution in [0.15, 0.2) is 24.3 Å². The smallest absolute Gasteiger partial charge is 0.119 e. The zero-order valence-electron chi connectivity index (χ0n) is 9.92. The number of hydrogen-bond acceptors (Lipinski definition) is 2. The van der Waals surface area contributed by atoms with E-state index in [1.54, 1.807) is 0 Å². The van der Waals surface area contributed by atoms with Crippen molar-refractivity contribution in [3.63, 3.8) is 0 Å². The molecule has 2 heteroatoms. The second-order valence-electron chi connectivity index (χ2n) is 4.26. The van der Waals surface area contributed by atoms with Crippen molar-refractivity contribution in [1.29, 1.82) is 0 Å². The summed E-state index contributed by atoms with van der Waals surface area (Å²) >= 11 is 0. The minimum Gasteiger partial charge on any atom is -0.492 e. The molecular weight excluding hydrogens is 186 g/mol. The van der Waals surface area contributed by atoms with Crippen LogP contribution in [0.1, 0.15) is 19.4 Å². The van der Waals surface area contributed by atoms with Gasteiger partial charge < -0.3 is 10.1 Å². The topological polar surface area (TPSA) is 21.3 Å². The molecular formula is C13H21NO. The highest BCUT2D eigenvalue weighted by Gasteiger charge is 1.94. The van der Waals surface area contributed by atoms with Crippen molar-refractivity contribution in [1.82, 2.24) is 5.32 Å². The lowest BCUT2D eigenvalue weighted by Crippen LogP contribution is -2.24. The van der Waals surface area contributed by atoms with Gasteiger partial charge in [-0.25, -0.2) is 0 Å². The van der Waals surface area contributed by atoms with Crippen molar-refractivity contribution in [2.24, 2.45) is 5.92 Å². The maximum Gasteiger partial charge on any atom is 0.119 e. The molecule has 0 aromatic heterocycles. The van der Waals surface area contributed by atoms with Gasteiger partial charge in [-0.2, -0.15) is 0 Å². The van der Waals surface area contributed by atoms with Gasteiger partial charge in [0.05, 0.1) is 0 Å². The molecule has 0 aliphatic carbocycles. The summed E-state index contributed by atoms with van der Waals surface area (Å²) in [5, 5.41) is 3.34. The van der Waals surface area contributed by atoms with E-state index in [0.29, 0.717) is 5.92 Å². The lowest BCUT2D eigenvalue weighted by Gasteiger charge is -2.09. The van der Waals surface area contributed by atoms with Crippen LogP contribution in [0.4, 0.5) is 0 Å². The Labute approximate surface area is 92.6 Å². The number of benzene rings is 1. The molecule has 84 valence electrons. The normalized spacial score (nSPS) is 10.7. The van der Waals surface area contributed by atoms with Crippen molar-refractivity contribution in [2.45, 2.75) is 20.8 Å². The first kappa shape index (κ1) is 12.1. The van der Waals surface area contributed by atoms with Crippen LogP contribution in [-0.2, 0) is 0 Å². The van der Waals surface area contributed by atoms with E-state index in [0.717, 1.165) is 25.4 Å². The van der Waals surface area contributed by atoms with Gasteiger partial charge in [-0.15, -0.1) is 0 Å². The van der Waals surface area contributed by atoms with E-state index in [1.165, 1.54) is 5.56 Å². The fourth-order valence-corrected chi connectivity index (χ4v) is 1.27. The zero-order valence-corrected chi connectivity index (χ0v) is 9.92. The SMILES string of the molecule is Cc1ccc(OCCNCC(C)C)cc1. The molecule has 1 N–H and O–H groups in total. The Balaban J connectivity index is 2.12. The summed E-state index contributed by atoms with van der Waals surface area (Å²) in [4.78, 5) is 0. The Hall–Kier alpha value is -1.02. The fourth-order valence-electron chi connectivity index (χ4n) is 1.27. The lowest BCUT2D eigenvalue weighted by atomic mass is 10.2. The number of nitrogens with one attached hydrogen (secondary N) is 1. The lowest BCUT2D eigenvalue weighted by molar-refractivity contribution is 0.311. The summed E-state index contributed by atoms with van der Waals surface area (Å²) in [5.74, 6) is 1.65. The van der Waals surface area contributed by atoms with Gasteiger partial charge in [0, 0.05) is 6.54 Å². The molecule has 1 rings (SSSR count). The molecule has 0 heterocycles. The summed E-state index contributed by atoms with van der Waals surface area (Å²) in [6.45, 7) is 9.18. The summed E-state index contributed by atoms with van der Waals surface area (Å²) in [5.41, 5.74) is 1.26.